The van der Waals surface area contributed by atoms with Gasteiger partial charge in [0.1, 0.15) is 11.9 Å². The van der Waals surface area contributed by atoms with Crippen molar-refractivity contribution in [2.75, 3.05) is 6.61 Å². The van der Waals surface area contributed by atoms with Gasteiger partial charge in [0.15, 0.2) is 0 Å². The lowest BCUT2D eigenvalue weighted by molar-refractivity contribution is 0.0914. The van der Waals surface area contributed by atoms with Crippen molar-refractivity contribution in [3.63, 3.8) is 0 Å². The van der Waals surface area contributed by atoms with Crippen LogP contribution in [0.15, 0.2) is 34.5 Å². The first-order chi connectivity index (χ1) is 7.68. The molecule has 0 bridgehead atoms. The summed E-state index contributed by atoms with van der Waals surface area (Å²) in [5, 5.41) is 10.8. The molecular weight excluding hydrogens is 291 g/mol. The third kappa shape index (κ3) is 2.59. The van der Waals surface area contributed by atoms with Crippen LogP contribution in [0.2, 0.25) is 5.02 Å². The molecule has 0 amide bonds. The summed E-state index contributed by atoms with van der Waals surface area (Å²) in [5.41, 5.74) is 0.737. The summed E-state index contributed by atoms with van der Waals surface area (Å²) in [4.78, 5) is 0. The Labute approximate surface area is 108 Å². The molecule has 0 spiro atoms. The maximum Gasteiger partial charge on any atom is 0.137 e. The molecule has 0 aliphatic carbocycles. The van der Waals surface area contributed by atoms with Crippen LogP contribution in [0.5, 0.6) is 0 Å². The van der Waals surface area contributed by atoms with Crippen molar-refractivity contribution in [2.45, 2.75) is 18.9 Å². The molecule has 1 aliphatic rings. The molecule has 86 valence electrons. The highest BCUT2D eigenvalue weighted by Crippen LogP contribution is 2.32. The Kier molecular flexibility index (Phi) is 3.90. The fraction of sp³-hybridized carbons (Fsp3) is 0.333. The van der Waals surface area contributed by atoms with Crippen molar-refractivity contribution < 1.29 is 9.84 Å². The van der Waals surface area contributed by atoms with E-state index in [9.17, 15) is 5.11 Å². The lowest BCUT2D eigenvalue weighted by Gasteiger charge is -2.21. The molecule has 0 fully saturated rings. The first kappa shape index (κ1) is 12.0. The summed E-state index contributed by atoms with van der Waals surface area (Å²) >= 11 is 9.30. The minimum atomic E-state index is -0.742. The van der Waals surface area contributed by atoms with E-state index in [4.69, 9.17) is 16.3 Å². The van der Waals surface area contributed by atoms with Gasteiger partial charge in [-0.15, -0.1) is 0 Å². The Hall–Kier alpha value is -0.510. The van der Waals surface area contributed by atoms with Gasteiger partial charge in [-0.3, -0.25) is 0 Å². The molecule has 0 saturated carbocycles. The second-order valence-corrected chi connectivity index (χ2v) is 4.96. The molecule has 0 saturated heterocycles. The molecule has 1 aliphatic heterocycles. The Morgan fingerprint density at radius 1 is 1.44 bits per heavy atom. The molecule has 1 N–H and O–H groups in total. The van der Waals surface area contributed by atoms with Crippen LogP contribution in [0.25, 0.3) is 0 Å². The second-order valence-electron chi connectivity index (χ2n) is 3.67. The molecule has 1 unspecified atom stereocenters. The average molecular weight is 304 g/mol. The van der Waals surface area contributed by atoms with Gasteiger partial charge in [0.05, 0.1) is 6.61 Å². The predicted molar refractivity (Wildman–Crippen MR) is 67.4 cm³/mol. The molecule has 2 nitrogen and oxygen atoms in total. The molecule has 2 rings (SSSR count). The SMILES string of the molecule is OC(C1=CCCCO1)c1cc(Cl)ccc1Br. The van der Waals surface area contributed by atoms with E-state index in [1.165, 1.54) is 0 Å². The van der Waals surface area contributed by atoms with Gasteiger partial charge in [0.2, 0.25) is 0 Å². The lowest BCUT2D eigenvalue weighted by Crippen LogP contribution is -2.10. The van der Waals surface area contributed by atoms with Gasteiger partial charge in [-0.25, -0.2) is 0 Å². The van der Waals surface area contributed by atoms with Crippen LogP contribution >= 0.6 is 27.5 Å². The fourth-order valence-electron chi connectivity index (χ4n) is 1.64. The van der Waals surface area contributed by atoms with Gasteiger partial charge in [-0.1, -0.05) is 27.5 Å². The van der Waals surface area contributed by atoms with Gasteiger partial charge < -0.3 is 9.84 Å². The lowest BCUT2D eigenvalue weighted by atomic mass is 10.1. The smallest absolute Gasteiger partial charge is 0.137 e. The first-order valence-electron chi connectivity index (χ1n) is 5.14. The van der Waals surface area contributed by atoms with Gasteiger partial charge in [-0.2, -0.15) is 0 Å². The Bertz CT molecular complexity index is 417. The van der Waals surface area contributed by atoms with Crippen LogP contribution in [0.3, 0.4) is 0 Å². The van der Waals surface area contributed by atoms with Crippen LogP contribution < -0.4 is 0 Å². The van der Waals surface area contributed by atoms with Crippen molar-refractivity contribution in [1.82, 2.24) is 0 Å². The zero-order valence-electron chi connectivity index (χ0n) is 8.62. The number of hydrogen-bond donors (Lipinski definition) is 1. The van der Waals surface area contributed by atoms with Crippen LogP contribution in [0.4, 0.5) is 0 Å². The number of hydrogen-bond acceptors (Lipinski definition) is 2. The maximum atomic E-state index is 10.2. The van der Waals surface area contributed by atoms with E-state index in [0.29, 0.717) is 17.4 Å². The molecule has 1 aromatic rings. The quantitative estimate of drug-likeness (QED) is 0.900. The van der Waals surface area contributed by atoms with Crippen LogP contribution in [0, 0.1) is 0 Å². The third-order valence-electron chi connectivity index (χ3n) is 2.48. The first-order valence-corrected chi connectivity index (χ1v) is 6.31. The highest BCUT2D eigenvalue weighted by Gasteiger charge is 2.19. The van der Waals surface area contributed by atoms with Crippen molar-refractivity contribution in [2.24, 2.45) is 0 Å². The fourth-order valence-corrected chi connectivity index (χ4v) is 2.29. The second kappa shape index (κ2) is 5.21. The highest BCUT2D eigenvalue weighted by molar-refractivity contribution is 9.10. The Morgan fingerprint density at radius 2 is 2.25 bits per heavy atom. The van der Waals surface area contributed by atoms with E-state index >= 15 is 0 Å². The number of aliphatic hydroxyl groups excluding tert-OH is 1. The standard InChI is InChI=1S/C12H12BrClO2/c13-10-5-4-8(14)7-9(10)12(15)11-3-1-2-6-16-11/h3-5,7,12,15H,1-2,6H2. The summed E-state index contributed by atoms with van der Waals surface area (Å²) in [6.07, 6.45) is 3.15. The van der Waals surface area contributed by atoms with Gasteiger partial charge >= 0.3 is 0 Å². The van der Waals surface area contributed by atoms with Crippen molar-refractivity contribution >= 4 is 27.5 Å². The van der Waals surface area contributed by atoms with E-state index in [-0.39, 0.29) is 0 Å². The number of benzene rings is 1. The predicted octanol–water partition coefficient (Wildman–Crippen LogP) is 3.83. The average Bonchev–Trinajstić information content (AvgIpc) is 2.32. The van der Waals surface area contributed by atoms with E-state index in [1.54, 1.807) is 12.1 Å². The number of halogens is 2. The van der Waals surface area contributed by atoms with E-state index < -0.39 is 6.10 Å². The molecule has 4 heteroatoms. The summed E-state index contributed by atoms with van der Waals surface area (Å²) in [6.45, 7) is 0.668. The normalized spacial score (nSPS) is 17.6. The van der Waals surface area contributed by atoms with Crippen molar-refractivity contribution in [3.05, 3.63) is 45.1 Å². The number of rotatable bonds is 2. The zero-order chi connectivity index (χ0) is 11.5. The van der Waals surface area contributed by atoms with Gasteiger partial charge in [-0.05, 0) is 37.1 Å². The Morgan fingerprint density at radius 3 is 2.94 bits per heavy atom. The third-order valence-corrected chi connectivity index (χ3v) is 3.44. The number of allylic oxidation sites excluding steroid dienone is 1. The molecule has 0 radical (unpaired) electrons. The zero-order valence-corrected chi connectivity index (χ0v) is 11.0. The van der Waals surface area contributed by atoms with Crippen molar-refractivity contribution in [1.29, 1.82) is 0 Å². The Balaban J connectivity index is 2.29. The molecule has 16 heavy (non-hydrogen) atoms. The molecular formula is C12H12BrClO2. The summed E-state index contributed by atoms with van der Waals surface area (Å²) < 4.78 is 6.27. The van der Waals surface area contributed by atoms with Gasteiger partial charge in [0, 0.05) is 15.1 Å². The monoisotopic (exact) mass is 302 g/mol. The molecule has 0 aromatic heterocycles. The molecule has 1 heterocycles. The number of aliphatic hydroxyl groups is 1. The number of ether oxygens (including phenoxy) is 1. The van der Waals surface area contributed by atoms with E-state index in [2.05, 4.69) is 15.9 Å². The maximum absolute atomic E-state index is 10.2. The van der Waals surface area contributed by atoms with Crippen LogP contribution in [0.1, 0.15) is 24.5 Å². The molecule has 1 atom stereocenters. The van der Waals surface area contributed by atoms with Crippen LogP contribution in [-0.2, 0) is 4.74 Å². The van der Waals surface area contributed by atoms with Gasteiger partial charge in [0.25, 0.3) is 0 Å². The topological polar surface area (TPSA) is 29.5 Å². The van der Waals surface area contributed by atoms with Crippen molar-refractivity contribution in [3.8, 4) is 0 Å². The summed E-state index contributed by atoms with van der Waals surface area (Å²) in [5.74, 6) is 0.620. The largest absolute Gasteiger partial charge is 0.495 e. The summed E-state index contributed by atoms with van der Waals surface area (Å²) in [6, 6.07) is 5.34. The van der Waals surface area contributed by atoms with E-state index in [1.807, 2.05) is 12.1 Å². The minimum Gasteiger partial charge on any atom is -0.495 e. The van der Waals surface area contributed by atoms with E-state index in [0.717, 1.165) is 22.9 Å². The molecule has 1 aromatic carbocycles. The van der Waals surface area contributed by atoms with Crippen LogP contribution in [-0.4, -0.2) is 11.7 Å². The highest BCUT2D eigenvalue weighted by atomic mass is 79.9. The minimum absolute atomic E-state index is 0.605. The summed E-state index contributed by atoms with van der Waals surface area (Å²) in [7, 11) is 0.